The molecule has 0 fully saturated rings. The minimum atomic E-state index is -0.298. The second kappa shape index (κ2) is 13.0. The predicted molar refractivity (Wildman–Crippen MR) is 215 cm³/mol. The van der Waals surface area contributed by atoms with Gasteiger partial charge in [-0.2, -0.15) is 0 Å². The maximum atomic E-state index is 6.44. The Kier molecular flexibility index (Phi) is 7.90. The van der Waals surface area contributed by atoms with E-state index in [-0.39, 0.29) is 6.17 Å². The van der Waals surface area contributed by atoms with Gasteiger partial charge in [0.15, 0.2) is 0 Å². The zero-order valence-electron chi connectivity index (χ0n) is 28.0. The van der Waals surface area contributed by atoms with Crippen LogP contribution in [-0.2, 0) is 6.42 Å². The maximum Gasteiger partial charge on any atom is 0.145 e. The van der Waals surface area contributed by atoms with Crippen LogP contribution < -0.4 is 5.32 Å². The van der Waals surface area contributed by atoms with Crippen LogP contribution in [-0.4, -0.2) is 11.9 Å². The fourth-order valence-corrected chi connectivity index (χ4v) is 7.53. The molecule has 0 amide bonds. The predicted octanol–water partition coefficient (Wildman–Crippen LogP) is 11.9. The number of benzene rings is 6. The van der Waals surface area contributed by atoms with E-state index in [4.69, 9.17) is 26.5 Å². The van der Waals surface area contributed by atoms with Gasteiger partial charge in [-0.25, -0.2) is 0 Å². The lowest BCUT2D eigenvalue weighted by atomic mass is 9.98. The van der Waals surface area contributed by atoms with E-state index in [9.17, 15) is 0 Å². The van der Waals surface area contributed by atoms with Gasteiger partial charge >= 0.3 is 0 Å². The molecule has 0 saturated carbocycles. The summed E-state index contributed by atoms with van der Waals surface area (Å²) in [5, 5.41) is 8.18. The highest BCUT2D eigenvalue weighted by molar-refractivity contribution is 7.80. The Morgan fingerprint density at radius 3 is 1.96 bits per heavy atom. The fraction of sp³-hybridized carbons (Fsp3) is 0.0652. The Morgan fingerprint density at radius 2 is 1.25 bits per heavy atom. The van der Waals surface area contributed by atoms with Crippen LogP contribution in [0.25, 0.3) is 60.7 Å². The minimum Gasteiger partial charge on any atom is -0.455 e. The Morgan fingerprint density at radius 1 is 0.667 bits per heavy atom. The van der Waals surface area contributed by atoms with Crippen molar-refractivity contribution in [3.05, 3.63) is 180 Å². The molecule has 1 unspecified atom stereocenters. The lowest BCUT2D eigenvalue weighted by Gasteiger charge is -2.25. The number of fused-ring (bicyclic) bond motifs is 6. The minimum absolute atomic E-state index is 0.298. The Bertz CT molecular complexity index is 2730. The van der Waals surface area contributed by atoms with Gasteiger partial charge in [-0.1, -0.05) is 133 Å². The van der Waals surface area contributed by atoms with Crippen LogP contribution in [0.1, 0.15) is 23.6 Å². The molecule has 1 aliphatic rings. The molecule has 9 rings (SSSR count). The van der Waals surface area contributed by atoms with Crippen LogP contribution in [0.15, 0.2) is 182 Å². The van der Waals surface area contributed by atoms with Gasteiger partial charge in [0.05, 0.1) is 5.71 Å². The summed E-state index contributed by atoms with van der Waals surface area (Å²) in [6.45, 7) is 2.07. The first-order chi connectivity index (χ1) is 25.2. The summed E-state index contributed by atoms with van der Waals surface area (Å²) in [5.41, 5.74) is 11.8. The van der Waals surface area contributed by atoms with Crippen molar-refractivity contribution in [2.45, 2.75) is 24.4 Å². The molecule has 0 aliphatic carbocycles. The summed E-state index contributed by atoms with van der Waals surface area (Å²) in [6, 6.07) is 45.8. The van der Waals surface area contributed by atoms with E-state index < -0.39 is 0 Å². The smallest absolute Gasteiger partial charge is 0.145 e. The van der Waals surface area contributed by atoms with Crippen LogP contribution >= 0.6 is 12.6 Å². The molecule has 3 heterocycles. The van der Waals surface area contributed by atoms with Crippen LogP contribution in [0.4, 0.5) is 0 Å². The lowest BCUT2D eigenvalue weighted by Crippen LogP contribution is -2.32. The number of aliphatic imine (C=N–C) groups is 1. The molecule has 5 heteroatoms. The summed E-state index contributed by atoms with van der Waals surface area (Å²) in [4.78, 5) is 6.16. The van der Waals surface area contributed by atoms with E-state index in [1.807, 2.05) is 30.3 Å². The first-order valence-corrected chi connectivity index (χ1v) is 17.7. The SMILES string of the molecule is C/C=C(\C=C/Cc1cccc(-c2cccc3c2oc2ccccc23)c1S)C1N=C(c2ccccc2)C=C(c2cccc3c2oc2ccccc23)N1. The summed E-state index contributed by atoms with van der Waals surface area (Å²) in [7, 11) is 0. The van der Waals surface area contributed by atoms with Gasteiger partial charge in [-0.05, 0) is 59.9 Å². The number of thiol groups is 1. The lowest BCUT2D eigenvalue weighted by molar-refractivity contribution is 0.664. The molecule has 0 spiro atoms. The molecule has 8 aromatic rings. The molecule has 2 aromatic heterocycles. The van der Waals surface area contributed by atoms with E-state index in [2.05, 4.69) is 140 Å². The van der Waals surface area contributed by atoms with E-state index >= 15 is 0 Å². The topological polar surface area (TPSA) is 50.7 Å². The van der Waals surface area contributed by atoms with Crippen molar-refractivity contribution in [2.24, 2.45) is 4.99 Å². The maximum absolute atomic E-state index is 6.44. The monoisotopic (exact) mass is 678 g/mol. The number of hydrogen-bond acceptors (Lipinski definition) is 5. The van der Waals surface area contributed by atoms with Crippen molar-refractivity contribution in [2.75, 3.05) is 0 Å². The van der Waals surface area contributed by atoms with Gasteiger partial charge < -0.3 is 14.2 Å². The number of para-hydroxylation sites is 4. The summed E-state index contributed by atoms with van der Waals surface area (Å²) in [6.07, 6.45) is 9.05. The first kappa shape index (κ1) is 31.0. The largest absolute Gasteiger partial charge is 0.455 e. The number of furan rings is 2. The van der Waals surface area contributed by atoms with E-state index in [0.29, 0.717) is 6.42 Å². The molecule has 4 nitrogen and oxygen atoms in total. The van der Waals surface area contributed by atoms with Crippen molar-refractivity contribution < 1.29 is 8.83 Å². The van der Waals surface area contributed by atoms with Gasteiger partial charge in [-0.15, -0.1) is 12.6 Å². The third kappa shape index (κ3) is 5.56. The second-order valence-electron chi connectivity index (χ2n) is 12.8. The van der Waals surface area contributed by atoms with E-state index in [1.165, 1.54) is 0 Å². The van der Waals surface area contributed by atoms with Crippen molar-refractivity contribution in [1.82, 2.24) is 5.32 Å². The Labute approximate surface area is 301 Å². The van der Waals surface area contributed by atoms with E-state index in [0.717, 1.165) is 93.6 Å². The highest BCUT2D eigenvalue weighted by Crippen LogP contribution is 2.39. The molecular formula is C46H34N2O2S. The van der Waals surface area contributed by atoms with Crippen LogP contribution in [0.3, 0.4) is 0 Å². The zero-order chi connectivity index (χ0) is 34.3. The highest BCUT2D eigenvalue weighted by atomic mass is 32.1. The average molecular weight is 679 g/mol. The van der Waals surface area contributed by atoms with Crippen molar-refractivity contribution in [3.8, 4) is 11.1 Å². The summed E-state index contributed by atoms with van der Waals surface area (Å²) in [5.74, 6) is 0. The third-order valence-electron chi connectivity index (χ3n) is 9.72. The summed E-state index contributed by atoms with van der Waals surface area (Å²) < 4.78 is 12.8. The quantitative estimate of drug-likeness (QED) is 0.130. The molecule has 246 valence electrons. The molecule has 6 aromatic carbocycles. The third-order valence-corrected chi connectivity index (χ3v) is 10.2. The molecular weight excluding hydrogens is 645 g/mol. The molecule has 1 atom stereocenters. The molecule has 1 N–H and O–H groups in total. The van der Waals surface area contributed by atoms with Gasteiger partial charge in [0.25, 0.3) is 0 Å². The Hall–Kier alpha value is -6.04. The van der Waals surface area contributed by atoms with Gasteiger partial charge in [0, 0.05) is 43.3 Å². The number of hydrogen-bond donors (Lipinski definition) is 2. The number of rotatable bonds is 7. The summed E-state index contributed by atoms with van der Waals surface area (Å²) >= 11 is 5.07. The Balaban J connectivity index is 1.04. The number of nitrogens with zero attached hydrogens (tertiary/aromatic N) is 1. The van der Waals surface area contributed by atoms with Crippen molar-refractivity contribution in [3.63, 3.8) is 0 Å². The van der Waals surface area contributed by atoms with Crippen LogP contribution in [0, 0.1) is 0 Å². The van der Waals surface area contributed by atoms with Gasteiger partial charge in [0.2, 0.25) is 0 Å². The highest BCUT2D eigenvalue weighted by Gasteiger charge is 2.23. The molecule has 0 radical (unpaired) electrons. The van der Waals surface area contributed by atoms with Gasteiger partial charge in [0.1, 0.15) is 28.5 Å². The number of nitrogens with one attached hydrogen (secondary N) is 1. The van der Waals surface area contributed by atoms with Crippen LogP contribution in [0.5, 0.6) is 0 Å². The number of allylic oxidation sites excluding steroid dienone is 3. The molecule has 1 aliphatic heterocycles. The second-order valence-corrected chi connectivity index (χ2v) is 13.2. The molecule has 0 bridgehead atoms. The standard InChI is InChI=1S/C46H34N2O2S/c1-2-29(16-10-17-31-18-11-24-37(45(31)51)36-23-12-21-34-32-19-6-8-26-41(32)49-43(34)36)46-47-39(30-14-4-3-5-15-30)28-40(48-46)38-25-13-22-35-33-20-7-9-27-42(33)50-44(35)38/h2-16,18-28,46,48,51H,17H2,1H3/b16-10-,29-2+. The normalized spacial score (nSPS) is 15.2. The van der Waals surface area contributed by atoms with Crippen molar-refractivity contribution >= 4 is 67.9 Å². The van der Waals surface area contributed by atoms with Gasteiger partial charge in [-0.3, -0.25) is 4.99 Å². The van der Waals surface area contributed by atoms with E-state index in [1.54, 1.807) is 0 Å². The first-order valence-electron chi connectivity index (χ1n) is 17.2. The molecule has 51 heavy (non-hydrogen) atoms. The van der Waals surface area contributed by atoms with Crippen molar-refractivity contribution in [1.29, 1.82) is 0 Å². The zero-order valence-corrected chi connectivity index (χ0v) is 28.9. The molecule has 0 saturated heterocycles. The van der Waals surface area contributed by atoms with Crippen LogP contribution in [0.2, 0.25) is 0 Å². The fourth-order valence-electron chi connectivity index (χ4n) is 7.17. The average Bonchev–Trinajstić information content (AvgIpc) is 3.76.